The van der Waals surface area contributed by atoms with Crippen LogP contribution in [-0.2, 0) is 13.2 Å². The lowest BCUT2D eigenvalue weighted by atomic mass is 10.2. The van der Waals surface area contributed by atoms with Crippen LogP contribution < -0.4 is 11.1 Å². The van der Waals surface area contributed by atoms with E-state index in [0.29, 0.717) is 11.5 Å². The fourth-order valence-electron chi connectivity index (χ4n) is 1.76. The van der Waals surface area contributed by atoms with Crippen molar-refractivity contribution in [1.82, 2.24) is 14.8 Å². The van der Waals surface area contributed by atoms with Gasteiger partial charge in [0.15, 0.2) is 0 Å². The molecule has 2 rings (SSSR count). The van der Waals surface area contributed by atoms with Gasteiger partial charge in [0.2, 0.25) is 0 Å². The predicted molar refractivity (Wildman–Crippen MR) is 76.4 cm³/mol. The summed E-state index contributed by atoms with van der Waals surface area (Å²) in [5.41, 5.74) is 5.44. The molecule has 9 heteroatoms. The molecular weight excluding hydrogens is 303 g/mol. The van der Waals surface area contributed by atoms with Gasteiger partial charge in [-0.3, -0.25) is 4.68 Å². The molecule has 0 aliphatic carbocycles. The lowest BCUT2D eigenvalue weighted by Crippen LogP contribution is -2.17. The number of nitrogens with zero attached hydrogens (tertiary/aromatic N) is 3. The maximum atomic E-state index is 12.8. The minimum absolute atomic E-state index is 0.0439. The Labute approximate surface area is 124 Å². The summed E-state index contributed by atoms with van der Waals surface area (Å²) in [5.74, 6) is 0.428. The summed E-state index contributed by atoms with van der Waals surface area (Å²) in [7, 11) is 1.66. The van der Waals surface area contributed by atoms with E-state index < -0.39 is 11.9 Å². The van der Waals surface area contributed by atoms with Crippen LogP contribution in [0.5, 0.6) is 0 Å². The molecule has 0 aliphatic rings. The van der Waals surface area contributed by atoms with Crippen molar-refractivity contribution in [2.45, 2.75) is 13.1 Å². The van der Waals surface area contributed by atoms with Gasteiger partial charge < -0.3 is 11.1 Å². The second-order valence-corrected chi connectivity index (χ2v) is 4.81. The van der Waals surface area contributed by atoms with Gasteiger partial charge >= 0.3 is 6.18 Å². The first-order valence-corrected chi connectivity index (χ1v) is 6.25. The largest absolute Gasteiger partial charge is 0.433 e. The minimum atomic E-state index is -4.55. The molecule has 0 spiro atoms. The highest BCUT2D eigenvalue weighted by atomic mass is 32.1. The lowest BCUT2D eigenvalue weighted by Gasteiger charge is -2.13. The average Bonchev–Trinajstić information content (AvgIpc) is 2.66. The molecule has 2 aromatic heterocycles. The Balaban J connectivity index is 2.49. The van der Waals surface area contributed by atoms with Gasteiger partial charge in [-0.25, -0.2) is 4.98 Å². The fraction of sp³-hybridized carbons (Fsp3) is 0.250. The summed E-state index contributed by atoms with van der Waals surface area (Å²) >= 11 is 4.83. The molecule has 2 aromatic rings. The van der Waals surface area contributed by atoms with Crippen LogP contribution in [-0.4, -0.2) is 19.8 Å². The van der Waals surface area contributed by atoms with Gasteiger partial charge in [-0.05, 0) is 19.1 Å². The molecule has 5 nitrogen and oxygen atoms in total. The normalized spacial score (nSPS) is 11.5. The number of hydrogen-bond donors (Lipinski definition) is 2. The fourth-order valence-corrected chi connectivity index (χ4v) is 1.92. The van der Waals surface area contributed by atoms with Gasteiger partial charge in [0.25, 0.3) is 0 Å². The van der Waals surface area contributed by atoms with E-state index in [-0.39, 0.29) is 16.4 Å². The zero-order valence-electron chi connectivity index (χ0n) is 11.2. The van der Waals surface area contributed by atoms with Crippen LogP contribution in [0.3, 0.4) is 0 Å². The standard InChI is InChI=1S/C12H12F3N5S/c1-6-5-9(20(2)19-6)18-11-7(10(16)21)3-4-8(17-11)12(13,14)15/h3-5H,1-2H3,(H2,16,21)(H,17,18). The van der Waals surface area contributed by atoms with E-state index in [9.17, 15) is 13.2 Å². The maximum absolute atomic E-state index is 12.8. The number of alkyl halides is 3. The molecule has 112 valence electrons. The number of aromatic nitrogens is 3. The quantitative estimate of drug-likeness (QED) is 0.852. The van der Waals surface area contributed by atoms with E-state index >= 15 is 0 Å². The smallest absolute Gasteiger partial charge is 0.389 e. The summed E-state index contributed by atoms with van der Waals surface area (Å²) in [6.45, 7) is 1.76. The molecule has 0 aliphatic heterocycles. The number of rotatable bonds is 3. The molecule has 0 aromatic carbocycles. The molecule has 0 radical (unpaired) electrons. The van der Waals surface area contributed by atoms with Gasteiger partial charge in [-0.15, -0.1) is 0 Å². The molecule has 0 amide bonds. The highest BCUT2D eigenvalue weighted by Crippen LogP contribution is 2.30. The Kier molecular flexibility index (Phi) is 3.86. The van der Waals surface area contributed by atoms with Gasteiger partial charge in [0, 0.05) is 13.1 Å². The maximum Gasteiger partial charge on any atom is 0.433 e. The van der Waals surface area contributed by atoms with E-state index in [0.717, 1.165) is 6.07 Å². The van der Waals surface area contributed by atoms with E-state index in [1.165, 1.54) is 10.7 Å². The number of anilines is 2. The van der Waals surface area contributed by atoms with Crippen molar-refractivity contribution in [3.8, 4) is 0 Å². The summed E-state index contributed by atoms with van der Waals surface area (Å²) < 4.78 is 39.7. The molecule has 0 bridgehead atoms. The summed E-state index contributed by atoms with van der Waals surface area (Å²) in [6.07, 6.45) is -4.55. The Bertz CT molecular complexity index is 693. The Morgan fingerprint density at radius 2 is 2.05 bits per heavy atom. The molecule has 21 heavy (non-hydrogen) atoms. The number of hydrogen-bond acceptors (Lipinski definition) is 4. The molecule has 0 fully saturated rings. The van der Waals surface area contributed by atoms with Crippen LogP contribution in [0, 0.1) is 6.92 Å². The minimum Gasteiger partial charge on any atom is -0.389 e. The van der Waals surface area contributed by atoms with Crippen LogP contribution in [0.25, 0.3) is 0 Å². The number of nitrogens with one attached hydrogen (secondary N) is 1. The third-order valence-corrected chi connectivity index (χ3v) is 2.92. The average molecular weight is 315 g/mol. The molecule has 0 atom stereocenters. The molecule has 0 saturated heterocycles. The first-order valence-electron chi connectivity index (χ1n) is 5.84. The van der Waals surface area contributed by atoms with Crippen molar-refractivity contribution in [2.24, 2.45) is 12.8 Å². The van der Waals surface area contributed by atoms with Gasteiger partial charge in [-0.2, -0.15) is 18.3 Å². The van der Waals surface area contributed by atoms with E-state index in [2.05, 4.69) is 15.4 Å². The van der Waals surface area contributed by atoms with Crippen molar-refractivity contribution in [2.75, 3.05) is 5.32 Å². The third-order valence-electron chi connectivity index (χ3n) is 2.70. The second-order valence-electron chi connectivity index (χ2n) is 4.37. The predicted octanol–water partition coefficient (Wildman–Crippen LogP) is 2.52. The lowest BCUT2D eigenvalue weighted by molar-refractivity contribution is -0.141. The number of halogens is 3. The Morgan fingerprint density at radius 1 is 1.38 bits per heavy atom. The first kappa shape index (κ1) is 15.2. The van der Waals surface area contributed by atoms with Crippen LogP contribution in [0.15, 0.2) is 18.2 Å². The molecule has 0 saturated carbocycles. The SMILES string of the molecule is Cc1cc(Nc2nc(C(F)(F)F)ccc2C(N)=S)n(C)n1. The number of thiocarbonyl (C=S) groups is 1. The van der Waals surface area contributed by atoms with Crippen LogP contribution >= 0.6 is 12.2 Å². The van der Waals surface area contributed by atoms with E-state index in [1.54, 1.807) is 20.0 Å². The molecule has 0 unspecified atom stereocenters. The van der Waals surface area contributed by atoms with Crippen molar-refractivity contribution in [3.63, 3.8) is 0 Å². The van der Waals surface area contributed by atoms with Crippen molar-refractivity contribution in [3.05, 3.63) is 35.2 Å². The van der Waals surface area contributed by atoms with Gasteiger partial charge in [0.1, 0.15) is 22.3 Å². The summed E-state index contributed by atoms with van der Waals surface area (Å²) in [6, 6.07) is 3.71. The molecular formula is C12H12F3N5S. The van der Waals surface area contributed by atoms with Crippen LogP contribution in [0.4, 0.5) is 24.8 Å². The topological polar surface area (TPSA) is 68.8 Å². The highest BCUT2D eigenvalue weighted by molar-refractivity contribution is 7.80. The third kappa shape index (κ3) is 3.30. The zero-order chi connectivity index (χ0) is 15.8. The van der Waals surface area contributed by atoms with Crippen molar-refractivity contribution in [1.29, 1.82) is 0 Å². The monoisotopic (exact) mass is 315 g/mol. The zero-order valence-corrected chi connectivity index (χ0v) is 12.0. The Hall–Kier alpha value is -2.16. The molecule has 2 heterocycles. The first-order chi connectivity index (χ1) is 9.68. The number of pyridine rings is 1. The number of aryl methyl sites for hydroxylation is 2. The van der Waals surface area contributed by atoms with E-state index in [1.807, 2.05) is 0 Å². The second kappa shape index (κ2) is 5.32. The van der Waals surface area contributed by atoms with Crippen molar-refractivity contribution >= 4 is 28.8 Å². The van der Waals surface area contributed by atoms with Gasteiger partial charge in [0.05, 0.1) is 11.3 Å². The Morgan fingerprint density at radius 3 is 2.52 bits per heavy atom. The summed E-state index contributed by atoms with van der Waals surface area (Å²) in [4.78, 5) is 3.52. The summed E-state index contributed by atoms with van der Waals surface area (Å²) in [5, 5.41) is 6.87. The van der Waals surface area contributed by atoms with Crippen LogP contribution in [0.1, 0.15) is 17.0 Å². The number of nitrogens with two attached hydrogens (primary N) is 1. The highest BCUT2D eigenvalue weighted by Gasteiger charge is 2.33. The van der Waals surface area contributed by atoms with Gasteiger partial charge in [-0.1, -0.05) is 12.2 Å². The van der Waals surface area contributed by atoms with Crippen LogP contribution in [0.2, 0.25) is 0 Å². The molecule has 3 N–H and O–H groups in total. The van der Waals surface area contributed by atoms with E-state index in [4.69, 9.17) is 18.0 Å². The van der Waals surface area contributed by atoms with Crippen molar-refractivity contribution < 1.29 is 13.2 Å².